The first-order valence-electron chi connectivity index (χ1n) is 6.61. The summed E-state index contributed by atoms with van der Waals surface area (Å²) in [7, 11) is 0. The van der Waals surface area contributed by atoms with Crippen LogP contribution in [0.15, 0.2) is 0 Å². The van der Waals surface area contributed by atoms with Gasteiger partial charge in [-0.15, -0.1) is 0 Å². The van der Waals surface area contributed by atoms with Crippen molar-refractivity contribution >= 4 is 11.8 Å². The van der Waals surface area contributed by atoms with Gasteiger partial charge in [0.1, 0.15) is 0 Å². The summed E-state index contributed by atoms with van der Waals surface area (Å²) in [5, 5.41) is 3.60. The highest BCUT2D eigenvalue weighted by Gasteiger charge is 2.13. The highest BCUT2D eigenvalue weighted by atomic mass is 32.2. The maximum atomic E-state index is 3.60. The lowest BCUT2D eigenvalue weighted by Gasteiger charge is -2.11. The van der Waals surface area contributed by atoms with Gasteiger partial charge in [-0.1, -0.05) is 33.1 Å². The molecular formula is C13H27NS. The Morgan fingerprint density at radius 3 is 2.73 bits per heavy atom. The molecule has 1 unspecified atom stereocenters. The third-order valence-corrected chi connectivity index (χ3v) is 4.73. The minimum atomic E-state index is 0.893. The van der Waals surface area contributed by atoms with E-state index in [1.165, 1.54) is 56.7 Å². The molecule has 1 nitrogen and oxygen atoms in total. The molecule has 0 spiro atoms. The Morgan fingerprint density at radius 1 is 1.33 bits per heavy atom. The van der Waals surface area contributed by atoms with Gasteiger partial charge in [0.05, 0.1) is 0 Å². The molecule has 0 radical (unpaired) electrons. The fraction of sp³-hybridized carbons (Fsp3) is 1.00. The Balaban J connectivity index is 1.80. The Hall–Kier alpha value is 0.310. The summed E-state index contributed by atoms with van der Waals surface area (Å²) in [6.45, 7) is 7.10. The van der Waals surface area contributed by atoms with Gasteiger partial charge < -0.3 is 5.32 Å². The Labute approximate surface area is 99.8 Å². The maximum Gasteiger partial charge on any atom is 0.00582 e. The average Bonchev–Trinajstić information content (AvgIpc) is 2.75. The van der Waals surface area contributed by atoms with Crippen molar-refractivity contribution in [3.8, 4) is 0 Å². The van der Waals surface area contributed by atoms with E-state index < -0.39 is 0 Å². The second-order valence-corrected chi connectivity index (χ2v) is 6.09. The summed E-state index contributed by atoms with van der Waals surface area (Å²) in [5.41, 5.74) is 0. The summed E-state index contributed by atoms with van der Waals surface area (Å²) in [6.07, 6.45) is 7.19. The first-order valence-corrected chi connectivity index (χ1v) is 7.76. The second-order valence-electron chi connectivity index (χ2n) is 4.94. The average molecular weight is 229 g/mol. The number of nitrogens with one attached hydrogen (secondary N) is 1. The van der Waals surface area contributed by atoms with Gasteiger partial charge in [-0.05, 0) is 37.0 Å². The predicted molar refractivity (Wildman–Crippen MR) is 71.6 cm³/mol. The molecule has 90 valence electrons. The van der Waals surface area contributed by atoms with Gasteiger partial charge in [0.2, 0.25) is 0 Å². The van der Waals surface area contributed by atoms with Crippen molar-refractivity contribution in [3.63, 3.8) is 0 Å². The number of hydrogen-bond acceptors (Lipinski definition) is 2. The zero-order chi connectivity index (χ0) is 10.9. The van der Waals surface area contributed by atoms with E-state index in [0.717, 1.165) is 11.8 Å². The van der Waals surface area contributed by atoms with Gasteiger partial charge in [-0.25, -0.2) is 0 Å². The first-order chi connectivity index (χ1) is 7.33. The third-order valence-electron chi connectivity index (χ3n) is 3.43. The van der Waals surface area contributed by atoms with Crippen molar-refractivity contribution in [1.29, 1.82) is 0 Å². The molecule has 1 aliphatic carbocycles. The fourth-order valence-electron chi connectivity index (χ4n) is 2.07. The molecule has 0 aromatic carbocycles. The van der Waals surface area contributed by atoms with Crippen LogP contribution in [-0.4, -0.2) is 24.6 Å². The number of thioether (sulfide) groups is 1. The van der Waals surface area contributed by atoms with Crippen molar-refractivity contribution < 1.29 is 0 Å². The molecule has 0 aromatic rings. The zero-order valence-corrected chi connectivity index (χ0v) is 11.2. The number of hydrogen-bond donors (Lipinski definition) is 1. The molecule has 1 atom stereocenters. The molecule has 1 fully saturated rings. The van der Waals surface area contributed by atoms with E-state index in [1.807, 2.05) is 0 Å². The van der Waals surface area contributed by atoms with Gasteiger partial charge in [0.25, 0.3) is 0 Å². The molecule has 0 heterocycles. The van der Waals surface area contributed by atoms with Gasteiger partial charge in [0, 0.05) is 12.3 Å². The summed E-state index contributed by atoms with van der Waals surface area (Å²) in [4.78, 5) is 0. The van der Waals surface area contributed by atoms with Gasteiger partial charge in [-0.2, -0.15) is 11.8 Å². The highest BCUT2D eigenvalue weighted by molar-refractivity contribution is 7.99. The molecule has 15 heavy (non-hydrogen) atoms. The molecule has 0 aliphatic heterocycles. The van der Waals surface area contributed by atoms with Crippen LogP contribution in [0.2, 0.25) is 0 Å². The van der Waals surface area contributed by atoms with E-state index in [1.54, 1.807) is 0 Å². The quantitative estimate of drug-likeness (QED) is 0.639. The van der Waals surface area contributed by atoms with E-state index in [9.17, 15) is 0 Å². The fourth-order valence-corrected chi connectivity index (χ4v) is 3.16. The maximum absolute atomic E-state index is 3.60. The van der Waals surface area contributed by atoms with Crippen LogP contribution in [-0.2, 0) is 0 Å². The third kappa shape index (κ3) is 6.47. The van der Waals surface area contributed by atoms with Crippen LogP contribution >= 0.6 is 11.8 Å². The van der Waals surface area contributed by atoms with Crippen molar-refractivity contribution in [3.05, 3.63) is 0 Å². The van der Waals surface area contributed by atoms with Gasteiger partial charge in [-0.3, -0.25) is 0 Å². The molecule has 0 amide bonds. The normalized spacial score (nSPS) is 19.6. The van der Waals surface area contributed by atoms with Crippen molar-refractivity contribution in [2.45, 2.75) is 46.0 Å². The summed E-state index contributed by atoms with van der Waals surface area (Å²) in [6, 6.07) is 0. The monoisotopic (exact) mass is 229 g/mol. The van der Waals surface area contributed by atoms with Crippen molar-refractivity contribution in [2.75, 3.05) is 24.6 Å². The molecular weight excluding hydrogens is 202 g/mol. The van der Waals surface area contributed by atoms with E-state index >= 15 is 0 Å². The first kappa shape index (κ1) is 13.4. The summed E-state index contributed by atoms with van der Waals surface area (Å²) >= 11 is 2.11. The minimum absolute atomic E-state index is 0.893. The second kappa shape index (κ2) is 8.46. The van der Waals surface area contributed by atoms with E-state index in [2.05, 4.69) is 30.9 Å². The van der Waals surface area contributed by atoms with Crippen LogP contribution < -0.4 is 5.32 Å². The van der Waals surface area contributed by atoms with Gasteiger partial charge in [0.15, 0.2) is 0 Å². The van der Waals surface area contributed by atoms with Crippen LogP contribution in [0.3, 0.4) is 0 Å². The van der Waals surface area contributed by atoms with Crippen LogP contribution in [0.4, 0.5) is 0 Å². The molecule has 2 heteroatoms. The van der Waals surface area contributed by atoms with Crippen molar-refractivity contribution in [1.82, 2.24) is 5.32 Å². The summed E-state index contributed by atoms with van der Waals surface area (Å²) in [5.74, 6) is 4.51. The Morgan fingerprint density at radius 2 is 2.07 bits per heavy atom. The van der Waals surface area contributed by atoms with Crippen LogP contribution in [0.1, 0.15) is 46.0 Å². The lowest BCUT2D eigenvalue weighted by Crippen LogP contribution is -2.23. The van der Waals surface area contributed by atoms with E-state index in [0.29, 0.717) is 0 Å². The van der Waals surface area contributed by atoms with Crippen LogP contribution in [0, 0.1) is 11.8 Å². The smallest absolute Gasteiger partial charge is 0.00582 e. The SMILES string of the molecule is CCC(C)CSCCNCC1CCCC1. The lowest BCUT2D eigenvalue weighted by atomic mass is 10.1. The van der Waals surface area contributed by atoms with Crippen LogP contribution in [0.5, 0.6) is 0 Å². The van der Waals surface area contributed by atoms with E-state index in [-0.39, 0.29) is 0 Å². The standard InChI is InChI=1S/C13H27NS/c1-3-12(2)11-15-9-8-14-10-13-6-4-5-7-13/h12-14H,3-11H2,1-2H3. The van der Waals surface area contributed by atoms with E-state index in [4.69, 9.17) is 0 Å². The number of rotatable bonds is 8. The van der Waals surface area contributed by atoms with Gasteiger partial charge >= 0.3 is 0 Å². The largest absolute Gasteiger partial charge is 0.316 e. The molecule has 1 saturated carbocycles. The Bertz CT molecular complexity index is 143. The minimum Gasteiger partial charge on any atom is -0.316 e. The topological polar surface area (TPSA) is 12.0 Å². The molecule has 1 aliphatic rings. The summed E-state index contributed by atoms with van der Waals surface area (Å²) < 4.78 is 0. The lowest BCUT2D eigenvalue weighted by molar-refractivity contribution is 0.499. The van der Waals surface area contributed by atoms with Crippen LogP contribution in [0.25, 0.3) is 0 Å². The predicted octanol–water partition coefficient (Wildman–Crippen LogP) is 3.55. The Kier molecular flexibility index (Phi) is 7.54. The highest BCUT2D eigenvalue weighted by Crippen LogP contribution is 2.23. The van der Waals surface area contributed by atoms with Crippen molar-refractivity contribution in [2.24, 2.45) is 11.8 Å². The molecule has 0 saturated heterocycles. The zero-order valence-electron chi connectivity index (χ0n) is 10.4. The molecule has 0 aromatic heterocycles. The molecule has 1 N–H and O–H groups in total. The molecule has 0 bridgehead atoms. The molecule has 1 rings (SSSR count).